The Morgan fingerprint density at radius 3 is 2.47 bits per heavy atom. The Morgan fingerprint density at radius 1 is 0.947 bits per heavy atom. The van der Waals surface area contributed by atoms with Gasteiger partial charge in [-0.1, -0.05) is 30.3 Å². The van der Waals surface area contributed by atoms with Crippen molar-refractivity contribution in [1.29, 1.82) is 0 Å². The van der Waals surface area contributed by atoms with Gasteiger partial charge in [0.05, 0.1) is 7.11 Å². The second-order valence-electron chi connectivity index (χ2n) is 4.19. The Labute approximate surface area is 116 Å². The maximum absolute atomic E-state index is 5.83. The summed E-state index contributed by atoms with van der Waals surface area (Å²) in [4.78, 5) is 1.21. The molecule has 0 spiro atoms. The van der Waals surface area contributed by atoms with Crippen molar-refractivity contribution in [2.45, 2.75) is 6.61 Å². The van der Waals surface area contributed by atoms with Crippen LogP contribution in [0.3, 0.4) is 0 Å². The normalized spacial score (nSPS) is 10.6. The van der Waals surface area contributed by atoms with Gasteiger partial charge in [-0.3, -0.25) is 0 Å². The molecule has 0 saturated heterocycles. The summed E-state index contributed by atoms with van der Waals surface area (Å²) in [6.07, 6.45) is 0. The average Bonchev–Trinajstić information content (AvgIpc) is 2.88. The van der Waals surface area contributed by atoms with Crippen LogP contribution in [-0.2, 0) is 6.61 Å². The van der Waals surface area contributed by atoms with Crippen LogP contribution in [0.4, 0.5) is 0 Å². The third kappa shape index (κ3) is 2.56. The Kier molecular flexibility index (Phi) is 3.38. The van der Waals surface area contributed by atoms with E-state index in [4.69, 9.17) is 9.47 Å². The molecular formula is C16H14O2S. The SMILES string of the molecule is COc1ccccc1OCc1cc2ccccc2s1. The van der Waals surface area contributed by atoms with Crippen molar-refractivity contribution in [2.75, 3.05) is 7.11 Å². The fourth-order valence-electron chi connectivity index (χ4n) is 1.99. The number of hydrogen-bond donors (Lipinski definition) is 0. The summed E-state index contributed by atoms with van der Waals surface area (Å²) in [5.74, 6) is 1.55. The predicted octanol–water partition coefficient (Wildman–Crippen LogP) is 4.49. The van der Waals surface area contributed by atoms with Gasteiger partial charge in [-0.2, -0.15) is 0 Å². The minimum atomic E-state index is 0.569. The summed E-state index contributed by atoms with van der Waals surface area (Å²) in [5.41, 5.74) is 0. The standard InChI is InChI=1S/C16H14O2S/c1-17-14-7-3-4-8-15(14)18-11-13-10-12-6-2-5-9-16(12)19-13/h2-10H,11H2,1H3. The maximum atomic E-state index is 5.83. The zero-order valence-corrected chi connectivity index (χ0v) is 11.4. The lowest BCUT2D eigenvalue weighted by atomic mass is 10.2. The molecule has 0 bridgehead atoms. The Morgan fingerprint density at radius 2 is 1.68 bits per heavy atom. The molecule has 0 saturated carbocycles. The van der Waals surface area contributed by atoms with E-state index in [9.17, 15) is 0 Å². The van der Waals surface area contributed by atoms with Crippen LogP contribution in [0.1, 0.15) is 4.88 Å². The number of benzene rings is 2. The highest BCUT2D eigenvalue weighted by molar-refractivity contribution is 7.19. The Bertz CT molecular complexity index is 655. The smallest absolute Gasteiger partial charge is 0.161 e. The third-order valence-corrected chi connectivity index (χ3v) is 4.01. The molecule has 0 N–H and O–H groups in total. The van der Waals surface area contributed by atoms with Gasteiger partial charge >= 0.3 is 0 Å². The van der Waals surface area contributed by atoms with E-state index >= 15 is 0 Å². The molecule has 0 unspecified atom stereocenters. The van der Waals surface area contributed by atoms with Gasteiger partial charge in [0.25, 0.3) is 0 Å². The van der Waals surface area contributed by atoms with E-state index in [0.717, 1.165) is 11.5 Å². The van der Waals surface area contributed by atoms with Crippen LogP contribution in [-0.4, -0.2) is 7.11 Å². The van der Waals surface area contributed by atoms with E-state index in [-0.39, 0.29) is 0 Å². The molecule has 2 aromatic carbocycles. The minimum Gasteiger partial charge on any atom is -0.493 e. The summed E-state index contributed by atoms with van der Waals surface area (Å²) in [7, 11) is 1.65. The quantitative estimate of drug-likeness (QED) is 0.695. The number of thiophene rings is 1. The van der Waals surface area contributed by atoms with Crippen molar-refractivity contribution < 1.29 is 9.47 Å². The fourth-order valence-corrected chi connectivity index (χ4v) is 2.97. The van der Waals surface area contributed by atoms with Gasteiger partial charge in [0.15, 0.2) is 11.5 Å². The second kappa shape index (κ2) is 5.33. The molecule has 1 aromatic heterocycles. The van der Waals surface area contributed by atoms with E-state index in [1.165, 1.54) is 15.0 Å². The Balaban J connectivity index is 1.78. The van der Waals surface area contributed by atoms with Gasteiger partial charge in [-0.25, -0.2) is 0 Å². The number of hydrogen-bond acceptors (Lipinski definition) is 3. The van der Waals surface area contributed by atoms with Gasteiger partial charge in [-0.05, 0) is 29.7 Å². The third-order valence-electron chi connectivity index (χ3n) is 2.92. The maximum Gasteiger partial charge on any atom is 0.161 e. The first-order valence-electron chi connectivity index (χ1n) is 6.10. The van der Waals surface area contributed by atoms with Gasteiger partial charge < -0.3 is 9.47 Å². The number of ether oxygens (including phenoxy) is 2. The lowest BCUT2D eigenvalue weighted by Crippen LogP contribution is -1.95. The molecule has 0 fully saturated rings. The molecule has 1 heterocycles. The van der Waals surface area contributed by atoms with E-state index in [0.29, 0.717) is 6.61 Å². The van der Waals surface area contributed by atoms with Gasteiger partial charge in [0.2, 0.25) is 0 Å². The lowest BCUT2D eigenvalue weighted by molar-refractivity contribution is 0.287. The van der Waals surface area contributed by atoms with Gasteiger partial charge in [0, 0.05) is 9.58 Å². The first-order valence-corrected chi connectivity index (χ1v) is 6.92. The largest absolute Gasteiger partial charge is 0.493 e. The highest BCUT2D eigenvalue weighted by Gasteiger charge is 2.05. The molecule has 3 rings (SSSR count). The molecular weight excluding hydrogens is 256 g/mol. The molecule has 0 aliphatic rings. The summed E-state index contributed by atoms with van der Waals surface area (Å²) in [6.45, 7) is 0.569. The molecule has 3 aromatic rings. The fraction of sp³-hybridized carbons (Fsp3) is 0.125. The second-order valence-corrected chi connectivity index (χ2v) is 5.36. The minimum absolute atomic E-state index is 0.569. The molecule has 0 aliphatic heterocycles. The first kappa shape index (κ1) is 12.1. The van der Waals surface area contributed by atoms with Crippen LogP contribution in [0.2, 0.25) is 0 Å². The topological polar surface area (TPSA) is 18.5 Å². The van der Waals surface area contributed by atoms with Crippen molar-refractivity contribution in [3.8, 4) is 11.5 Å². The summed E-state index contributed by atoms with van der Waals surface area (Å²) in [5, 5.41) is 1.27. The number of methoxy groups -OCH3 is 1. The highest BCUT2D eigenvalue weighted by Crippen LogP contribution is 2.29. The molecule has 96 valence electrons. The van der Waals surface area contributed by atoms with E-state index in [1.54, 1.807) is 18.4 Å². The van der Waals surface area contributed by atoms with Crippen LogP contribution in [0.5, 0.6) is 11.5 Å². The van der Waals surface area contributed by atoms with E-state index < -0.39 is 0 Å². The van der Waals surface area contributed by atoms with Crippen LogP contribution in [0, 0.1) is 0 Å². The predicted molar refractivity (Wildman–Crippen MR) is 79.2 cm³/mol. The number of para-hydroxylation sites is 2. The lowest BCUT2D eigenvalue weighted by Gasteiger charge is -2.08. The molecule has 2 nitrogen and oxygen atoms in total. The monoisotopic (exact) mass is 270 g/mol. The number of fused-ring (bicyclic) bond motifs is 1. The number of rotatable bonds is 4. The van der Waals surface area contributed by atoms with Crippen LogP contribution >= 0.6 is 11.3 Å². The zero-order valence-electron chi connectivity index (χ0n) is 10.6. The molecule has 0 aliphatic carbocycles. The average molecular weight is 270 g/mol. The van der Waals surface area contributed by atoms with Crippen molar-refractivity contribution in [3.05, 3.63) is 59.5 Å². The summed E-state index contributed by atoms with van der Waals surface area (Å²) < 4.78 is 12.4. The van der Waals surface area contributed by atoms with Crippen molar-refractivity contribution in [2.24, 2.45) is 0 Å². The van der Waals surface area contributed by atoms with E-state index in [2.05, 4.69) is 30.3 Å². The molecule has 3 heteroatoms. The highest BCUT2D eigenvalue weighted by atomic mass is 32.1. The van der Waals surface area contributed by atoms with Gasteiger partial charge in [0.1, 0.15) is 6.61 Å². The summed E-state index contributed by atoms with van der Waals surface area (Å²) in [6, 6.07) is 18.3. The van der Waals surface area contributed by atoms with Gasteiger partial charge in [-0.15, -0.1) is 11.3 Å². The summed E-state index contributed by atoms with van der Waals surface area (Å²) >= 11 is 1.76. The van der Waals surface area contributed by atoms with Crippen LogP contribution in [0.25, 0.3) is 10.1 Å². The van der Waals surface area contributed by atoms with Crippen molar-refractivity contribution in [3.63, 3.8) is 0 Å². The first-order chi connectivity index (χ1) is 9.36. The van der Waals surface area contributed by atoms with Crippen molar-refractivity contribution >= 4 is 21.4 Å². The van der Waals surface area contributed by atoms with Crippen LogP contribution in [0.15, 0.2) is 54.6 Å². The van der Waals surface area contributed by atoms with Crippen LogP contribution < -0.4 is 9.47 Å². The molecule has 19 heavy (non-hydrogen) atoms. The van der Waals surface area contributed by atoms with E-state index in [1.807, 2.05) is 24.3 Å². The van der Waals surface area contributed by atoms with Crippen molar-refractivity contribution in [1.82, 2.24) is 0 Å². The molecule has 0 atom stereocenters. The Hall–Kier alpha value is -2.00. The zero-order chi connectivity index (χ0) is 13.1. The molecule has 0 amide bonds. The molecule has 0 radical (unpaired) electrons.